The van der Waals surface area contributed by atoms with E-state index in [1.165, 1.54) is 0 Å². The van der Waals surface area contributed by atoms with E-state index in [1.54, 1.807) is 0 Å². The lowest BCUT2D eigenvalue weighted by Gasteiger charge is -2.13. The normalized spacial score (nSPS) is 11.5. The Morgan fingerprint density at radius 2 is 1.43 bits per heavy atom. The molecule has 7 nitrogen and oxygen atoms in total. The standard InChI is InChI=1S/C28H27N3O4/c32-27(33)25(30-28(34)35-20-23-14-8-3-9-15-23)17-24-19-31(18-22-12-6-2-7-13-22)26(29-24)16-21-10-4-1-5-11-21/h1-15,19,25H,16-18,20H2,(H,30,34)(H,32,33). The zero-order valence-electron chi connectivity index (χ0n) is 19.2. The molecule has 4 aromatic rings. The summed E-state index contributed by atoms with van der Waals surface area (Å²) in [5.74, 6) is -0.324. The molecule has 0 radical (unpaired) electrons. The monoisotopic (exact) mass is 469 g/mol. The summed E-state index contributed by atoms with van der Waals surface area (Å²) in [5.41, 5.74) is 3.63. The number of ether oxygens (including phenoxy) is 1. The van der Waals surface area contributed by atoms with Gasteiger partial charge in [0.25, 0.3) is 0 Å². The summed E-state index contributed by atoms with van der Waals surface area (Å²) in [6, 6.07) is 28.0. The first-order valence-electron chi connectivity index (χ1n) is 11.4. The number of carbonyl (C=O) groups is 2. The van der Waals surface area contributed by atoms with Crippen molar-refractivity contribution in [1.82, 2.24) is 14.9 Å². The van der Waals surface area contributed by atoms with Crippen LogP contribution in [0.15, 0.2) is 97.2 Å². The third kappa shape index (κ3) is 7.04. The highest BCUT2D eigenvalue weighted by Crippen LogP contribution is 2.15. The number of amides is 1. The summed E-state index contributed by atoms with van der Waals surface area (Å²) in [7, 11) is 0. The molecule has 1 amide bonds. The van der Waals surface area contributed by atoms with Gasteiger partial charge in [-0.3, -0.25) is 0 Å². The van der Waals surface area contributed by atoms with Gasteiger partial charge in [-0.1, -0.05) is 91.0 Å². The Bertz CT molecular complexity index is 1180. The third-order valence-electron chi connectivity index (χ3n) is 5.53. The summed E-state index contributed by atoms with van der Waals surface area (Å²) >= 11 is 0. The number of imidazole rings is 1. The lowest BCUT2D eigenvalue weighted by molar-refractivity contribution is -0.139. The number of benzene rings is 3. The molecule has 1 unspecified atom stereocenters. The molecule has 1 heterocycles. The molecule has 0 saturated heterocycles. The molecule has 1 aromatic heterocycles. The minimum atomic E-state index is -1.16. The number of hydrogen-bond donors (Lipinski definition) is 2. The quantitative estimate of drug-likeness (QED) is 0.358. The van der Waals surface area contributed by atoms with Crippen molar-refractivity contribution in [3.05, 3.63) is 125 Å². The lowest BCUT2D eigenvalue weighted by Crippen LogP contribution is -2.42. The molecular formula is C28H27N3O4. The average Bonchev–Trinajstić information content (AvgIpc) is 3.24. The van der Waals surface area contributed by atoms with Gasteiger partial charge in [-0.25, -0.2) is 14.6 Å². The SMILES string of the molecule is O=C(NC(Cc1cn(Cc2ccccc2)c(Cc2ccccc2)n1)C(=O)O)OCc1ccccc1. The van der Waals surface area contributed by atoms with Gasteiger partial charge in [-0.2, -0.15) is 0 Å². The molecule has 0 aliphatic rings. The van der Waals surface area contributed by atoms with E-state index >= 15 is 0 Å². The van der Waals surface area contributed by atoms with E-state index in [9.17, 15) is 14.7 Å². The number of carboxylic acids is 1. The molecule has 2 N–H and O–H groups in total. The molecule has 0 aliphatic carbocycles. The van der Waals surface area contributed by atoms with Gasteiger partial charge in [0.1, 0.15) is 18.5 Å². The van der Waals surface area contributed by atoms with Gasteiger partial charge >= 0.3 is 12.1 Å². The number of aromatic nitrogens is 2. The molecule has 0 fully saturated rings. The van der Waals surface area contributed by atoms with Crippen LogP contribution in [0.3, 0.4) is 0 Å². The van der Waals surface area contributed by atoms with Crippen molar-refractivity contribution < 1.29 is 19.4 Å². The Labute approximate surface area is 204 Å². The minimum absolute atomic E-state index is 0.0410. The first-order valence-corrected chi connectivity index (χ1v) is 11.4. The number of aliphatic carboxylic acids is 1. The van der Waals surface area contributed by atoms with Crippen LogP contribution in [0, 0.1) is 0 Å². The Hall–Kier alpha value is -4.39. The van der Waals surface area contributed by atoms with Gasteiger partial charge in [0.05, 0.1) is 5.69 Å². The Morgan fingerprint density at radius 1 is 0.857 bits per heavy atom. The summed E-state index contributed by atoms with van der Waals surface area (Å²) in [4.78, 5) is 28.9. The van der Waals surface area contributed by atoms with Crippen LogP contribution < -0.4 is 5.32 Å². The molecule has 0 saturated carbocycles. The van der Waals surface area contributed by atoms with Gasteiger partial charge in [-0.05, 0) is 16.7 Å². The predicted octanol–water partition coefficient (Wildman–Crippen LogP) is 4.44. The molecule has 4 rings (SSSR count). The largest absolute Gasteiger partial charge is 0.480 e. The summed E-state index contributed by atoms with van der Waals surface area (Å²) in [6.45, 7) is 0.673. The average molecular weight is 470 g/mol. The molecule has 0 spiro atoms. The van der Waals surface area contributed by atoms with Crippen LogP contribution >= 0.6 is 0 Å². The Kier molecular flexibility index (Phi) is 7.91. The van der Waals surface area contributed by atoms with E-state index in [0.717, 1.165) is 22.5 Å². The highest BCUT2D eigenvalue weighted by atomic mass is 16.5. The summed E-state index contributed by atoms with van der Waals surface area (Å²) in [5, 5.41) is 12.2. The maximum atomic E-state index is 12.3. The molecule has 1 atom stereocenters. The number of carboxylic acid groups (broad SMARTS) is 1. The maximum Gasteiger partial charge on any atom is 0.408 e. The van der Waals surface area contributed by atoms with Crippen LogP contribution in [0.25, 0.3) is 0 Å². The molecule has 35 heavy (non-hydrogen) atoms. The van der Waals surface area contributed by atoms with E-state index in [-0.39, 0.29) is 13.0 Å². The fraction of sp³-hybridized carbons (Fsp3) is 0.179. The van der Waals surface area contributed by atoms with E-state index < -0.39 is 18.1 Å². The first kappa shape index (κ1) is 23.8. The Morgan fingerprint density at radius 3 is 2.03 bits per heavy atom. The zero-order valence-corrected chi connectivity index (χ0v) is 19.2. The van der Waals surface area contributed by atoms with E-state index in [4.69, 9.17) is 9.72 Å². The van der Waals surface area contributed by atoms with Crippen LogP contribution in [-0.4, -0.2) is 32.8 Å². The molecular weight excluding hydrogens is 442 g/mol. The highest BCUT2D eigenvalue weighted by molar-refractivity contribution is 5.80. The summed E-state index contributed by atoms with van der Waals surface area (Å²) < 4.78 is 7.23. The van der Waals surface area contributed by atoms with Gasteiger partial charge in [-0.15, -0.1) is 0 Å². The Balaban J connectivity index is 1.47. The number of nitrogens with one attached hydrogen (secondary N) is 1. The number of nitrogens with zero attached hydrogens (tertiary/aromatic N) is 2. The maximum absolute atomic E-state index is 12.3. The smallest absolute Gasteiger partial charge is 0.408 e. The topological polar surface area (TPSA) is 93.5 Å². The third-order valence-corrected chi connectivity index (χ3v) is 5.53. The lowest BCUT2D eigenvalue weighted by atomic mass is 10.1. The van der Waals surface area contributed by atoms with Crippen LogP contribution in [0.4, 0.5) is 4.79 Å². The number of hydrogen-bond acceptors (Lipinski definition) is 4. The van der Waals surface area contributed by atoms with E-state index in [0.29, 0.717) is 18.7 Å². The van der Waals surface area contributed by atoms with Crippen LogP contribution in [0.1, 0.15) is 28.2 Å². The second-order valence-corrected chi connectivity index (χ2v) is 8.23. The number of carbonyl (C=O) groups excluding carboxylic acids is 1. The van der Waals surface area contributed by atoms with Gasteiger partial charge in [0.15, 0.2) is 0 Å². The molecule has 3 aromatic carbocycles. The zero-order chi connectivity index (χ0) is 24.5. The van der Waals surface area contributed by atoms with Gasteiger partial charge in [0, 0.05) is 25.6 Å². The second kappa shape index (κ2) is 11.7. The van der Waals surface area contributed by atoms with Crippen LogP contribution in [0.5, 0.6) is 0 Å². The number of rotatable bonds is 10. The van der Waals surface area contributed by atoms with Gasteiger partial charge in [0.2, 0.25) is 0 Å². The first-order chi connectivity index (χ1) is 17.1. The van der Waals surface area contributed by atoms with Crippen molar-refractivity contribution in [2.75, 3.05) is 0 Å². The number of alkyl carbamates (subject to hydrolysis) is 1. The van der Waals surface area contributed by atoms with Crippen molar-refractivity contribution in [3.8, 4) is 0 Å². The summed E-state index contributed by atoms with van der Waals surface area (Å²) in [6.07, 6.45) is 1.73. The van der Waals surface area contributed by atoms with Crippen molar-refractivity contribution in [1.29, 1.82) is 0 Å². The molecule has 0 aliphatic heterocycles. The fourth-order valence-electron chi connectivity index (χ4n) is 3.76. The molecule has 0 bridgehead atoms. The van der Waals surface area contributed by atoms with E-state index in [2.05, 4.69) is 5.32 Å². The van der Waals surface area contributed by atoms with Crippen molar-refractivity contribution in [3.63, 3.8) is 0 Å². The van der Waals surface area contributed by atoms with Crippen molar-refractivity contribution in [2.45, 2.75) is 32.0 Å². The van der Waals surface area contributed by atoms with Gasteiger partial charge < -0.3 is 19.7 Å². The second-order valence-electron chi connectivity index (χ2n) is 8.23. The van der Waals surface area contributed by atoms with Crippen LogP contribution in [-0.2, 0) is 35.5 Å². The van der Waals surface area contributed by atoms with Crippen LogP contribution in [0.2, 0.25) is 0 Å². The van der Waals surface area contributed by atoms with Crippen molar-refractivity contribution >= 4 is 12.1 Å². The highest BCUT2D eigenvalue weighted by Gasteiger charge is 2.23. The predicted molar refractivity (Wildman–Crippen MR) is 132 cm³/mol. The molecule has 7 heteroatoms. The minimum Gasteiger partial charge on any atom is -0.480 e. The van der Waals surface area contributed by atoms with Crippen molar-refractivity contribution in [2.24, 2.45) is 0 Å². The molecule has 178 valence electrons. The fourth-order valence-corrected chi connectivity index (χ4v) is 3.76. The van der Waals surface area contributed by atoms with E-state index in [1.807, 2.05) is 102 Å².